The number of pyridine rings is 2. The highest BCUT2D eigenvalue weighted by molar-refractivity contribution is 6.12. The van der Waals surface area contributed by atoms with Crippen molar-refractivity contribution in [2.45, 2.75) is 6.92 Å². The van der Waals surface area contributed by atoms with Gasteiger partial charge in [-0.25, -0.2) is 0 Å². The number of hydrogen-bond acceptors (Lipinski definition) is 2. The molecule has 0 aliphatic heterocycles. The maximum absolute atomic E-state index is 12.0. The molecule has 4 aromatic rings. The number of rotatable bonds is 0. The number of aryl methyl sites for hydroxylation is 1. The third-order valence-electron chi connectivity index (χ3n) is 3.51. The van der Waals surface area contributed by atoms with Crippen LogP contribution in [0.3, 0.4) is 0 Å². The topological polar surface area (TPSA) is 34.4 Å². The lowest BCUT2D eigenvalue weighted by Crippen LogP contribution is -2.07. The molecule has 0 aliphatic carbocycles. The molecule has 3 nitrogen and oxygen atoms in total. The van der Waals surface area contributed by atoms with Crippen molar-refractivity contribution in [3.8, 4) is 0 Å². The van der Waals surface area contributed by atoms with Crippen LogP contribution in [0.2, 0.25) is 0 Å². The van der Waals surface area contributed by atoms with Crippen LogP contribution in [0.4, 0.5) is 0 Å². The van der Waals surface area contributed by atoms with E-state index < -0.39 is 0 Å². The van der Waals surface area contributed by atoms with E-state index in [0.29, 0.717) is 5.52 Å². The third-order valence-corrected chi connectivity index (χ3v) is 3.51. The summed E-state index contributed by atoms with van der Waals surface area (Å²) in [7, 11) is 0. The molecule has 0 spiro atoms. The fraction of sp³-hybridized carbons (Fsp3) is 0.0667. The summed E-state index contributed by atoms with van der Waals surface area (Å²) in [5, 5.41) is 2.26. The number of para-hydroxylation sites is 1. The molecular weight excluding hydrogens is 224 g/mol. The third kappa shape index (κ3) is 0.991. The molecule has 0 N–H and O–H groups in total. The van der Waals surface area contributed by atoms with Crippen molar-refractivity contribution in [2.24, 2.45) is 0 Å². The average Bonchev–Trinajstić information content (AvgIpc) is 2.72. The predicted octanol–water partition coefficient (Wildman–Crippen LogP) is 2.75. The Morgan fingerprint density at radius 3 is 2.83 bits per heavy atom. The smallest absolute Gasteiger partial charge is 0.208 e. The fourth-order valence-electron chi connectivity index (χ4n) is 2.78. The van der Waals surface area contributed by atoms with Crippen LogP contribution < -0.4 is 5.43 Å². The zero-order chi connectivity index (χ0) is 12.3. The first-order valence-corrected chi connectivity index (χ1v) is 5.88. The standard InChI is InChI=1S/C15H10N2O/c1-9-8-13(18)14-15-11(6-7-16-14)10-4-2-3-5-12(10)17(9)15/h2-8H,1H3. The van der Waals surface area contributed by atoms with Gasteiger partial charge in [0.15, 0.2) is 0 Å². The molecule has 0 amide bonds. The first kappa shape index (κ1) is 9.59. The highest BCUT2D eigenvalue weighted by Gasteiger charge is 2.14. The molecule has 3 heteroatoms. The fourth-order valence-corrected chi connectivity index (χ4v) is 2.78. The van der Waals surface area contributed by atoms with Gasteiger partial charge in [-0.3, -0.25) is 9.78 Å². The van der Waals surface area contributed by atoms with Gasteiger partial charge in [-0.1, -0.05) is 18.2 Å². The lowest BCUT2D eigenvalue weighted by Gasteiger charge is -2.03. The summed E-state index contributed by atoms with van der Waals surface area (Å²) >= 11 is 0. The number of aromatic nitrogens is 2. The summed E-state index contributed by atoms with van der Waals surface area (Å²) in [6, 6.07) is 11.8. The van der Waals surface area contributed by atoms with Gasteiger partial charge in [-0.15, -0.1) is 0 Å². The molecule has 1 aromatic carbocycles. The molecule has 0 saturated carbocycles. The summed E-state index contributed by atoms with van der Waals surface area (Å²) in [6.45, 7) is 1.96. The van der Waals surface area contributed by atoms with Gasteiger partial charge in [0.05, 0.1) is 11.0 Å². The first-order valence-electron chi connectivity index (χ1n) is 5.88. The monoisotopic (exact) mass is 234 g/mol. The minimum absolute atomic E-state index is 0.00611. The molecule has 0 radical (unpaired) electrons. The van der Waals surface area contributed by atoms with Gasteiger partial charge in [0.25, 0.3) is 0 Å². The molecule has 0 bridgehead atoms. The van der Waals surface area contributed by atoms with E-state index in [1.165, 1.54) is 5.39 Å². The lowest BCUT2D eigenvalue weighted by atomic mass is 10.2. The average molecular weight is 234 g/mol. The Bertz CT molecular complexity index is 953. The van der Waals surface area contributed by atoms with Gasteiger partial charge in [-0.05, 0) is 19.1 Å². The first-order chi connectivity index (χ1) is 8.77. The zero-order valence-electron chi connectivity index (χ0n) is 9.84. The summed E-state index contributed by atoms with van der Waals surface area (Å²) in [5.74, 6) is 0. The van der Waals surface area contributed by atoms with E-state index in [2.05, 4.69) is 21.5 Å². The van der Waals surface area contributed by atoms with E-state index in [-0.39, 0.29) is 5.43 Å². The molecular formula is C15H10N2O. The van der Waals surface area contributed by atoms with Crippen LogP contribution in [-0.2, 0) is 0 Å². The summed E-state index contributed by atoms with van der Waals surface area (Å²) in [5.41, 5.74) is 3.56. The Balaban J connectivity index is 2.55. The van der Waals surface area contributed by atoms with E-state index in [9.17, 15) is 4.79 Å². The molecule has 0 unspecified atom stereocenters. The summed E-state index contributed by atoms with van der Waals surface area (Å²) in [4.78, 5) is 16.2. The molecule has 3 heterocycles. The summed E-state index contributed by atoms with van der Waals surface area (Å²) in [6.07, 6.45) is 1.71. The highest BCUT2D eigenvalue weighted by atomic mass is 16.1. The molecule has 0 atom stereocenters. The number of fused-ring (bicyclic) bond motifs is 3. The van der Waals surface area contributed by atoms with Crippen molar-refractivity contribution < 1.29 is 0 Å². The van der Waals surface area contributed by atoms with E-state index in [1.807, 2.05) is 25.1 Å². The Labute approximate surface area is 103 Å². The van der Waals surface area contributed by atoms with Crippen molar-refractivity contribution in [1.29, 1.82) is 0 Å². The Morgan fingerprint density at radius 2 is 1.94 bits per heavy atom. The van der Waals surface area contributed by atoms with Crippen LogP contribution in [0, 0.1) is 6.92 Å². The van der Waals surface area contributed by atoms with Gasteiger partial charge in [0.2, 0.25) is 5.43 Å². The summed E-state index contributed by atoms with van der Waals surface area (Å²) < 4.78 is 2.12. The second-order valence-electron chi connectivity index (χ2n) is 4.56. The minimum Gasteiger partial charge on any atom is -0.311 e. The van der Waals surface area contributed by atoms with Gasteiger partial charge >= 0.3 is 0 Å². The Kier molecular flexibility index (Phi) is 1.64. The largest absolute Gasteiger partial charge is 0.311 e. The van der Waals surface area contributed by atoms with Crippen LogP contribution in [0.15, 0.2) is 47.4 Å². The highest BCUT2D eigenvalue weighted by Crippen LogP contribution is 2.30. The Morgan fingerprint density at radius 1 is 1.11 bits per heavy atom. The molecule has 18 heavy (non-hydrogen) atoms. The molecule has 0 saturated heterocycles. The number of nitrogens with zero attached hydrogens (tertiary/aromatic N) is 2. The van der Waals surface area contributed by atoms with Crippen LogP contribution in [-0.4, -0.2) is 9.38 Å². The van der Waals surface area contributed by atoms with E-state index in [1.54, 1.807) is 12.3 Å². The molecule has 3 aromatic heterocycles. The Hall–Kier alpha value is -2.42. The van der Waals surface area contributed by atoms with Crippen molar-refractivity contribution >= 4 is 27.3 Å². The van der Waals surface area contributed by atoms with Crippen LogP contribution in [0.25, 0.3) is 27.3 Å². The molecule has 0 aliphatic rings. The van der Waals surface area contributed by atoms with E-state index >= 15 is 0 Å². The molecule has 4 rings (SSSR count). The quantitative estimate of drug-likeness (QED) is 0.469. The normalized spacial score (nSPS) is 11.8. The van der Waals surface area contributed by atoms with Gasteiger partial charge in [-0.2, -0.15) is 0 Å². The van der Waals surface area contributed by atoms with Crippen molar-refractivity contribution in [2.75, 3.05) is 0 Å². The maximum Gasteiger partial charge on any atom is 0.208 e. The van der Waals surface area contributed by atoms with E-state index in [0.717, 1.165) is 22.1 Å². The van der Waals surface area contributed by atoms with E-state index in [4.69, 9.17) is 0 Å². The second-order valence-corrected chi connectivity index (χ2v) is 4.56. The van der Waals surface area contributed by atoms with Crippen molar-refractivity contribution in [3.05, 3.63) is 58.5 Å². The van der Waals surface area contributed by atoms with Crippen LogP contribution in [0.1, 0.15) is 5.69 Å². The number of hydrogen-bond donors (Lipinski definition) is 0. The second kappa shape index (κ2) is 3.07. The predicted molar refractivity (Wildman–Crippen MR) is 72.4 cm³/mol. The SMILES string of the molecule is Cc1cc(=O)c2nccc3c4ccccc4n1c23. The lowest BCUT2D eigenvalue weighted by molar-refractivity contribution is 1.13. The van der Waals surface area contributed by atoms with Gasteiger partial charge in [0, 0.05) is 28.7 Å². The van der Waals surface area contributed by atoms with Gasteiger partial charge in [0.1, 0.15) is 5.52 Å². The van der Waals surface area contributed by atoms with Crippen LogP contribution in [0.5, 0.6) is 0 Å². The van der Waals surface area contributed by atoms with Crippen LogP contribution >= 0.6 is 0 Å². The van der Waals surface area contributed by atoms with Crippen molar-refractivity contribution in [1.82, 2.24) is 9.38 Å². The molecule has 86 valence electrons. The molecule has 0 fully saturated rings. The minimum atomic E-state index is -0.00611. The maximum atomic E-state index is 12.0. The zero-order valence-corrected chi connectivity index (χ0v) is 9.84. The van der Waals surface area contributed by atoms with Crippen molar-refractivity contribution in [3.63, 3.8) is 0 Å². The van der Waals surface area contributed by atoms with Gasteiger partial charge < -0.3 is 4.40 Å². The number of benzene rings is 1.